The highest BCUT2D eigenvalue weighted by Crippen LogP contribution is 2.29. The molecule has 1 heterocycles. The molecule has 2 amide bonds. The van der Waals surface area contributed by atoms with Crippen molar-refractivity contribution in [2.45, 2.75) is 18.7 Å². The van der Waals surface area contributed by atoms with Gasteiger partial charge in [0.25, 0.3) is 11.1 Å². The van der Waals surface area contributed by atoms with Crippen molar-refractivity contribution in [3.63, 3.8) is 0 Å². The van der Waals surface area contributed by atoms with E-state index in [9.17, 15) is 14.4 Å². The Kier molecular flexibility index (Phi) is 4.29. The van der Waals surface area contributed by atoms with Crippen molar-refractivity contribution in [1.82, 2.24) is 4.90 Å². The number of hydrogen-bond acceptors (Lipinski definition) is 5. The van der Waals surface area contributed by atoms with Gasteiger partial charge in [-0.2, -0.15) is 0 Å². The predicted molar refractivity (Wildman–Crippen MR) is 75.5 cm³/mol. The summed E-state index contributed by atoms with van der Waals surface area (Å²) in [7, 11) is 0. The molecule has 0 bridgehead atoms. The lowest BCUT2D eigenvalue weighted by Gasteiger charge is -2.15. The molecule has 0 radical (unpaired) electrons. The van der Waals surface area contributed by atoms with Gasteiger partial charge in [-0.05, 0) is 30.3 Å². The minimum atomic E-state index is -1.04. The second-order valence-corrected chi connectivity index (χ2v) is 5.41. The summed E-state index contributed by atoms with van der Waals surface area (Å²) in [6.07, 6.45) is -0.241. The normalized spacial score (nSPS) is 18.4. The van der Waals surface area contributed by atoms with E-state index in [2.05, 4.69) is 5.32 Å². The van der Waals surface area contributed by atoms with Gasteiger partial charge in [-0.1, -0.05) is 18.2 Å². The average Bonchev–Trinajstić information content (AvgIpc) is 2.65. The molecule has 1 aliphatic rings. The zero-order valence-corrected chi connectivity index (χ0v) is 11.6. The highest BCUT2D eigenvalue weighted by atomic mass is 32.2. The van der Waals surface area contributed by atoms with E-state index >= 15 is 0 Å². The zero-order valence-electron chi connectivity index (χ0n) is 10.8. The molecular weight excluding hydrogens is 280 g/mol. The number of amides is 2. The van der Waals surface area contributed by atoms with E-state index in [0.29, 0.717) is 0 Å². The SMILES string of the molecule is Cc1ccccc1N[C@@H]1SC(=O)N(CCC(=O)O)C1=O. The summed E-state index contributed by atoms with van der Waals surface area (Å²) in [4.78, 5) is 35.3. The van der Waals surface area contributed by atoms with Crippen LogP contribution in [0.25, 0.3) is 0 Å². The van der Waals surface area contributed by atoms with Crippen molar-refractivity contribution < 1.29 is 19.5 Å². The number of thioether (sulfide) groups is 1. The molecule has 0 unspecified atom stereocenters. The molecule has 0 aromatic heterocycles. The van der Waals surface area contributed by atoms with Crippen molar-refractivity contribution in [2.75, 3.05) is 11.9 Å². The number of rotatable bonds is 5. The Morgan fingerprint density at radius 3 is 2.75 bits per heavy atom. The first-order valence-corrected chi connectivity index (χ1v) is 6.93. The molecule has 20 heavy (non-hydrogen) atoms. The second-order valence-electron chi connectivity index (χ2n) is 4.36. The third-order valence-corrected chi connectivity index (χ3v) is 3.89. The number of carbonyl (C=O) groups is 3. The van der Waals surface area contributed by atoms with Crippen molar-refractivity contribution in [1.29, 1.82) is 0 Å². The summed E-state index contributed by atoms with van der Waals surface area (Å²) in [5.41, 5.74) is 1.75. The van der Waals surface area contributed by atoms with Crippen molar-refractivity contribution in [3.05, 3.63) is 29.8 Å². The monoisotopic (exact) mass is 294 g/mol. The number of nitrogens with zero attached hydrogens (tertiary/aromatic N) is 1. The molecule has 6 nitrogen and oxygen atoms in total. The standard InChI is InChI=1S/C13H14N2O4S/c1-8-4-2-3-5-9(8)14-11-12(18)15(13(19)20-11)7-6-10(16)17/h2-5,11,14H,6-7H2,1H3,(H,16,17)/t11-/m1/s1. The molecule has 0 spiro atoms. The van der Waals surface area contributed by atoms with Crippen LogP contribution in [0.3, 0.4) is 0 Å². The molecular formula is C13H14N2O4S. The van der Waals surface area contributed by atoms with Crippen molar-refractivity contribution in [2.24, 2.45) is 0 Å². The number of hydrogen-bond donors (Lipinski definition) is 2. The van der Waals surface area contributed by atoms with Gasteiger partial charge < -0.3 is 10.4 Å². The summed E-state index contributed by atoms with van der Waals surface area (Å²) in [6.45, 7) is 1.81. The molecule has 2 N–H and O–H groups in total. The van der Waals surface area contributed by atoms with E-state index < -0.39 is 22.5 Å². The molecule has 106 valence electrons. The third kappa shape index (κ3) is 3.11. The zero-order chi connectivity index (χ0) is 14.7. The lowest BCUT2D eigenvalue weighted by molar-refractivity contribution is -0.137. The lowest BCUT2D eigenvalue weighted by atomic mass is 10.2. The smallest absolute Gasteiger partial charge is 0.305 e. The molecule has 1 aromatic carbocycles. The maximum Gasteiger partial charge on any atom is 0.305 e. The van der Waals surface area contributed by atoms with Crippen LogP contribution in [0.1, 0.15) is 12.0 Å². The maximum absolute atomic E-state index is 12.1. The quantitative estimate of drug-likeness (QED) is 0.862. The van der Waals surface area contributed by atoms with Gasteiger partial charge >= 0.3 is 5.97 Å². The lowest BCUT2D eigenvalue weighted by Crippen LogP contribution is -2.35. The van der Waals surface area contributed by atoms with Crippen LogP contribution in [0.5, 0.6) is 0 Å². The van der Waals surface area contributed by atoms with Crippen LogP contribution in [-0.2, 0) is 9.59 Å². The minimum Gasteiger partial charge on any atom is -0.481 e. The number of anilines is 1. The number of aryl methyl sites for hydroxylation is 1. The van der Waals surface area contributed by atoms with Crippen LogP contribution in [0.15, 0.2) is 24.3 Å². The topological polar surface area (TPSA) is 86.7 Å². The summed E-state index contributed by atoms with van der Waals surface area (Å²) in [6, 6.07) is 7.45. The van der Waals surface area contributed by atoms with E-state index in [1.165, 1.54) is 0 Å². The predicted octanol–water partition coefficient (Wildman–Crippen LogP) is 1.90. The molecule has 7 heteroatoms. The Balaban J connectivity index is 2.04. The largest absolute Gasteiger partial charge is 0.481 e. The van der Waals surface area contributed by atoms with Gasteiger partial charge in [-0.3, -0.25) is 19.3 Å². The fourth-order valence-corrected chi connectivity index (χ4v) is 2.75. The second kappa shape index (κ2) is 5.96. The van der Waals surface area contributed by atoms with Crippen molar-refractivity contribution >= 4 is 34.6 Å². The molecule has 1 fully saturated rings. The van der Waals surface area contributed by atoms with E-state index in [0.717, 1.165) is 27.9 Å². The van der Waals surface area contributed by atoms with Crippen LogP contribution in [-0.4, -0.2) is 39.0 Å². The number of aliphatic carboxylic acids is 1. The molecule has 1 saturated heterocycles. The summed E-state index contributed by atoms with van der Waals surface area (Å²) < 4.78 is 0. The van der Waals surface area contributed by atoms with Gasteiger partial charge in [0.1, 0.15) is 0 Å². The van der Waals surface area contributed by atoms with E-state index in [-0.39, 0.29) is 13.0 Å². The number of imide groups is 1. The summed E-state index contributed by atoms with van der Waals surface area (Å²) in [5.74, 6) is -1.43. The number of benzene rings is 1. The van der Waals surface area contributed by atoms with Gasteiger partial charge in [0.05, 0.1) is 6.42 Å². The Morgan fingerprint density at radius 2 is 2.10 bits per heavy atom. The number of para-hydroxylation sites is 1. The highest BCUT2D eigenvalue weighted by molar-refractivity contribution is 8.15. The fraction of sp³-hybridized carbons (Fsp3) is 0.308. The molecule has 0 saturated carbocycles. The van der Waals surface area contributed by atoms with Gasteiger partial charge in [-0.25, -0.2) is 0 Å². The Labute approximate surface area is 120 Å². The molecule has 1 aromatic rings. The molecule has 2 rings (SSSR count). The summed E-state index contributed by atoms with van der Waals surface area (Å²) in [5, 5.41) is 10.5. The molecule has 1 atom stereocenters. The third-order valence-electron chi connectivity index (χ3n) is 2.91. The van der Waals surface area contributed by atoms with Gasteiger partial charge in [0.15, 0.2) is 5.37 Å². The number of carbonyl (C=O) groups excluding carboxylic acids is 2. The first kappa shape index (κ1) is 14.4. The average molecular weight is 294 g/mol. The first-order chi connectivity index (χ1) is 9.49. The Hall–Kier alpha value is -2.02. The number of nitrogens with one attached hydrogen (secondary N) is 1. The molecule has 1 aliphatic heterocycles. The molecule has 0 aliphatic carbocycles. The minimum absolute atomic E-state index is 0.0913. The van der Waals surface area contributed by atoms with Crippen LogP contribution in [0.2, 0.25) is 0 Å². The fourth-order valence-electron chi connectivity index (χ4n) is 1.82. The van der Waals surface area contributed by atoms with Gasteiger partial charge in [0, 0.05) is 12.2 Å². The van der Waals surface area contributed by atoms with E-state index in [4.69, 9.17) is 5.11 Å². The van der Waals surface area contributed by atoms with Crippen molar-refractivity contribution in [3.8, 4) is 0 Å². The first-order valence-electron chi connectivity index (χ1n) is 6.05. The van der Waals surface area contributed by atoms with Gasteiger partial charge in [0.2, 0.25) is 0 Å². The number of carboxylic acids is 1. The van der Waals surface area contributed by atoms with E-state index in [1.807, 2.05) is 31.2 Å². The number of carboxylic acid groups (broad SMARTS) is 1. The van der Waals surface area contributed by atoms with Crippen LogP contribution < -0.4 is 5.32 Å². The Bertz CT molecular complexity index is 561. The Morgan fingerprint density at radius 1 is 1.40 bits per heavy atom. The maximum atomic E-state index is 12.1. The van der Waals surface area contributed by atoms with Crippen LogP contribution >= 0.6 is 11.8 Å². The summed E-state index contributed by atoms with van der Waals surface area (Å²) >= 11 is 0.870. The van der Waals surface area contributed by atoms with Crippen LogP contribution in [0, 0.1) is 6.92 Å². The van der Waals surface area contributed by atoms with Crippen LogP contribution in [0.4, 0.5) is 10.5 Å². The van der Waals surface area contributed by atoms with E-state index in [1.54, 1.807) is 0 Å². The highest BCUT2D eigenvalue weighted by Gasteiger charge is 2.39. The van der Waals surface area contributed by atoms with Gasteiger partial charge in [-0.15, -0.1) is 0 Å².